The van der Waals surface area contributed by atoms with Crippen molar-refractivity contribution in [2.75, 3.05) is 0 Å². The van der Waals surface area contributed by atoms with Crippen LogP contribution in [0, 0.1) is 5.38 Å². The number of alkyl halides is 1. The Bertz CT molecular complexity index is 120. The Morgan fingerprint density at radius 2 is 2.11 bits per heavy atom. The van der Waals surface area contributed by atoms with Crippen LogP contribution < -0.4 is 0 Å². The average Bonchev–Trinajstić information content (AvgIpc) is 1.83. The lowest BCUT2D eigenvalue weighted by molar-refractivity contribution is 0.691. The van der Waals surface area contributed by atoms with Gasteiger partial charge in [0, 0.05) is 0 Å². The molecule has 1 fully saturated rings. The van der Waals surface area contributed by atoms with Crippen molar-refractivity contribution in [3.63, 3.8) is 0 Å². The summed E-state index contributed by atoms with van der Waals surface area (Å²) in [6.45, 7) is 3.81. The Morgan fingerprint density at radius 1 is 1.44 bits per heavy atom. The summed E-state index contributed by atoms with van der Waals surface area (Å²) in [5, 5.41) is 0.785. The SMILES string of the molecule is C=C1CCC[C](Cl)C1Cl. The first-order valence-electron chi connectivity index (χ1n) is 3.05. The third kappa shape index (κ3) is 1.62. The Kier molecular flexibility index (Phi) is 2.42. The van der Waals surface area contributed by atoms with Gasteiger partial charge in [0.15, 0.2) is 0 Å². The van der Waals surface area contributed by atoms with Gasteiger partial charge in [0.1, 0.15) is 0 Å². The van der Waals surface area contributed by atoms with Crippen LogP contribution in [0.4, 0.5) is 0 Å². The fourth-order valence-corrected chi connectivity index (χ4v) is 1.47. The summed E-state index contributed by atoms with van der Waals surface area (Å²) >= 11 is 11.6. The molecule has 0 aromatic carbocycles. The molecule has 0 saturated heterocycles. The van der Waals surface area contributed by atoms with Crippen LogP contribution in [0.3, 0.4) is 0 Å². The monoisotopic (exact) mass is 163 g/mol. The van der Waals surface area contributed by atoms with E-state index in [4.69, 9.17) is 23.2 Å². The van der Waals surface area contributed by atoms with Crippen LogP contribution in [0.15, 0.2) is 12.2 Å². The minimum absolute atomic E-state index is 0.0691. The summed E-state index contributed by atoms with van der Waals surface area (Å²) in [6.07, 6.45) is 3.10. The van der Waals surface area contributed by atoms with Gasteiger partial charge < -0.3 is 0 Å². The predicted molar refractivity (Wildman–Crippen MR) is 41.7 cm³/mol. The van der Waals surface area contributed by atoms with Gasteiger partial charge >= 0.3 is 0 Å². The van der Waals surface area contributed by atoms with E-state index >= 15 is 0 Å². The van der Waals surface area contributed by atoms with Crippen molar-refractivity contribution in [2.24, 2.45) is 0 Å². The van der Waals surface area contributed by atoms with E-state index in [2.05, 4.69) is 6.58 Å². The summed E-state index contributed by atoms with van der Waals surface area (Å²) in [6, 6.07) is 0. The van der Waals surface area contributed by atoms with Crippen molar-refractivity contribution in [1.82, 2.24) is 0 Å². The Morgan fingerprint density at radius 3 is 2.56 bits per heavy atom. The molecule has 2 heteroatoms. The zero-order chi connectivity index (χ0) is 6.85. The fourth-order valence-electron chi connectivity index (χ4n) is 0.959. The summed E-state index contributed by atoms with van der Waals surface area (Å²) in [5.41, 5.74) is 1.06. The smallest absolute Gasteiger partial charge is 0.0856 e. The molecule has 1 radical (unpaired) electrons. The molecule has 0 aromatic rings. The third-order valence-electron chi connectivity index (χ3n) is 1.55. The molecule has 1 rings (SSSR count). The Labute approximate surface area is 65.8 Å². The zero-order valence-corrected chi connectivity index (χ0v) is 6.67. The molecule has 0 amide bonds. The second kappa shape index (κ2) is 2.94. The predicted octanol–water partition coefficient (Wildman–Crippen LogP) is 3.10. The molecule has 1 aliphatic carbocycles. The average molecular weight is 164 g/mol. The van der Waals surface area contributed by atoms with Crippen molar-refractivity contribution in [1.29, 1.82) is 0 Å². The molecule has 0 aromatic heterocycles. The zero-order valence-electron chi connectivity index (χ0n) is 5.16. The highest BCUT2D eigenvalue weighted by Crippen LogP contribution is 2.35. The summed E-state index contributed by atoms with van der Waals surface area (Å²) in [5.74, 6) is 0. The third-order valence-corrected chi connectivity index (χ3v) is 2.64. The normalized spacial score (nSPS) is 30.9. The van der Waals surface area contributed by atoms with Gasteiger partial charge in [0.25, 0.3) is 0 Å². The van der Waals surface area contributed by atoms with E-state index in [-0.39, 0.29) is 5.38 Å². The first-order valence-corrected chi connectivity index (χ1v) is 3.86. The maximum atomic E-state index is 5.85. The van der Waals surface area contributed by atoms with E-state index in [0.29, 0.717) is 0 Å². The second-order valence-corrected chi connectivity index (χ2v) is 3.24. The molecular formula is C7H9Cl2. The number of rotatable bonds is 0. The molecular weight excluding hydrogens is 155 g/mol. The summed E-state index contributed by atoms with van der Waals surface area (Å²) < 4.78 is 0. The van der Waals surface area contributed by atoms with Gasteiger partial charge in [-0.1, -0.05) is 12.2 Å². The summed E-state index contributed by atoms with van der Waals surface area (Å²) in [7, 11) is 0. The molecule has 51 valence electrons. The van der Waals surface area contributed by atoms with Crippen LogP contribution in [0.5, 0.6) is 0 Å². The fraction of sp³-hybridized carbons (Fsp3) is 0.571. The quantitative estimate of drug-likeness (QED) is 0.381. The lowest BCUT2D eigenvalue weighted by Gasteiger charge is -2.22. The van der Waals surface area contributed by atoms with Gasteiger partial charge in [0.2, 0.25) is 0 Å². The summed E-state index contributed by atoms with van der Waals surface area (Å²) in [4.78, 5) is 0. The highest BCUT2D eigenvalue weighted by atomic mass is 35.5. The van der Waals surface area contributed by atoms with E-state index in [0.717, 1.165) is 30.2 Å². The van der Waals surface area contributed by atoms with Crippen molar-refractivity contribution in [3.8, 4) is 0 Å². The van der Waals surface area contributed by atoms with E-state index in [1.165, 1.54) is 0 Å². The highest BCUT2D eigenvalue weighted by Gasteiger charge is 2.24. The Hall–Kier alpha value is 0.320. The van der Waals surface area contributed by atoms with Gasteiger partial charge in [-0.05, 0) is 19.3 Å². The van der Waals surface area contributed by atoms with E-state index in [1.54, 1.807) is 0 Å². The minimum Gasteiger partial charge on any atom is -0.116 e. The molecule has 0 aliphatic heterocycles. The van der Waals surface area contributed by atoms with Crippen LogP contribution in [0.2, 0.25) is 0 Å². The van der Waals surface area contributed by atoms with Crippen LogP contribution >= 0.6 is 23.2 Å². The molecule has 1 aliphatic rings. The number of allylic oxidation sites excluding steroid dienone is 1. The first kappa shape index (κ1) is 7.43. The van der Waals surface area contributed by atoms with Gasteiger partial charge in [-0.3, -0.25) is 0 Å². The number of halogens is 2. The van der Waals surface area contributed by atoms with Gasteiger partial charge in [0.05, 0.1) is 10.8 Å². The number of hydrogen-bond acceptors (Lipinski definition) is 0. The second-order valence-electron chi connectivity index (χ2n) is 2.32. The van der Waals surface area contributed by atoms with Crippen molar-refractivity contribution in [3.05, 3.63) is 17.5 Å². The van der Waals surface area contributed by atoms with Gasteiger partial charge in [-0.15, -0.1) is 23.2 Å². The first-order chi connectivity index (χ1) is 4.22. The van der Waals surface area contributed by atoms with Crippen LogP contribution in [0.1, 0.15) is 19.3 Å². The molecule has 1 saturated carbocycles. The number of hydrogen-bond donors (Lipinski definition) is 0. The lowest BCUT2D eigenvalue weighted by Crippen LogP contribution is -2.14. The lowest BCUT2D eigenvalue weighted by atomic mass is 9.95. The van der Waals surface area contributed by atoms with Crippen LogP contribution in [0.25, 0.3) is 0 Å². The van der Waals surface area contributed by atoms with Crippen LogP contribution in [-0.2, 0) is 0 Å². The van der Waals surface area contributed by atoms with E-state index < -0.39 is 0 Å². The van der Waals surface area contributed by atoms with Crippen molar-refractivity contribution in [2.45, 2.75) is 24.6 Å². The molecule has 0 nitrogen and oxygen atoms in total. The maximum absolute atomic E-state index is 5.85. The Balaban J connectivity index is 2.51. The maximum Gasteiger partial charge on any atom is 0.0856 e. The topological polar surface area (TPSA) is 0 Å². The molecule has 1 unspecified atom stereocenters. The van der Waals surface area contributed by atoms with E-state index in [1.807, 2.05) is 0 Å². The molecule has 0 heterocycles. The largest absolute Gasteiger partial charge is 0.116 e. The molecule has 9 heavy (non-hydrogen) atoms. The van der Waals surface area contributed by atoms with Gasteiger partial charge in [-0.2, -0.15) is 0 Å². The molecule has 0 bridgehead atoms. The molecule has 0 spiro atoms. The van der Waals surface area contributed by atoms with Crippen molar-refractivity contribution < 1.29 is 0 Å². The molecule has 1 atom stereocenters. The van der Waals surface area contributed by atoms with E-state index in [9.17, 15) is 0 Å². The van der Waals surface area contributed by atoms with Crippen molar-refractivity contribution >= 4 is 23.2 Å². The highest BCUT2D eigenvalue weighted by molar-refractivity contribution is 6.36. The standard InChI is InChI=1S/C7H9Cl2/c1-5-3-2-4-6(8)7(5)9/h7H,1-4H2. The molecule has 0 N–H and O–H groups in total. The van der Waals surface area contributed by atoms with Gasteiger partial charge in [-0.25, -0.2) is 0 Å². The minimum atomic E-state index is -0.0691. The van der Waals surface area contributed by atoms with Crippen LogP contribution in [-0.4, -0.2) is 5.38 Å².